The van der Waals surface area contributed by atoms with Crippen LogP contribution in [0, 0.1) is 23.6 Å². The third-order valence-electron chi connectivity index (χ3n) is 4.37. The molecule has 1 aromatic rings. The largest absolute Gasteiger partial charge is 0.207 e. The Balaban J connectivity index is 2.07. The molecule has 0 heterocycles. The van der Waals surface area contributed by atoms with E-state index in [4.69, 9.17) is 11.6 Å². The average molecular weight is 348 g/mol. The molecule has 0 nitrogen and oxygen atoms in total. The van der Waals surface area contributed by atoms with Crippen LogP contribution in [0.15, 0.2) is 18.2 Å². The van der Waals surface area contributed by atoms with Gasteiger partial charge in [-0.3, -0.25) is 0 Å². The summed E-state index contributed by atoms with van der Waals surface area (Å²) in [5.74, 6) is 1.85. The molecule has 0 saturated heterocycles. The maximum atomic E-state index is 13.9. The highest BCUT2D eigenvalue weighted by molar-refractivity contribution is 9.09. The molecule has 1 aromatic carbocycles. The van der Waals surface area contributed by atoms with Crippen LogP contribution in [-0.2, 0) is 6.42 Å². The van der Waals surface area contributed by atoms with Crippen molar-refractivity contribution in [3.8, 4) is 0 Å². The molecule has 3 atom stereocenters. The summed E-state index contributed by atoms with van der Waals surface area (Å²) >= 11 is 9.58. The minimum Gasteiger partial charge on any atom is -0.207 e. The van der Waals surface area contributed by atoms with E-state index in [0.717, 1.165) is 23.8 Å². The maximum absolute atomic E-state index is 13.9. The molecule has 106 valence electrons. The van der Waals surface area contributed by atoms with E-state index < -0.39 is 0 Å². The summed E-state index contributed by atoms with van der Waals surface area (Å²) in [5, 5.41) is 0.473. The van der Waals surface area contributed by atoms with Gasteiger partial charge in [-0.25, -0.2) is 4.39 Å². The lowest BCUT2D eigenvalue weighted by molar-refractivity contribution is 0.222. The fourth-order valence-corrected chi connectivity index (χ4v) is 3.88. The summed E-state index contributed by atoms with van der Waals surface area (Å²) in [7, 11) is 0. The van der Waals surface area contributed by atoms with Gasteiger partial charge in [-0.2, -0.15) is 0 Å². The molecular weight excluding hydrogens is 327 g/mol. The Labute approximate surface area is 128 Å². The van der Waals surface area contributed by atoms with Crippen LogP contribution >= 0.6 is 27.5 Å². The topological polar surface area (TPSA) is 0 Å². The van der Waals surface area contributed by atoms with E-state index in [2.05, 4.69) is 29.8 Å². The molecule has 0 aromatic heterocycles. The third kappa shape index (κ3) is 3.95. The Bertz CT molecular complexity index is 433. The quantitative estimate of drug-likeness (QED) is 0.601. The second kappa shape index (κ2) is 6.58. The molecule has 0 bridgehead atoms. The Morgan fingerprint density at radius 3 is 2.74 bits per heavy atom. The lowest BCUT2D eigenvalue weighted by atomic mass is 9.74. The molecule has 3 heteroatoms. The Morgan fingerprint density at radius 2 is 2.11 bits per heavy atom. The number of rotatable bonds is 3. The Morgan fingerprint density at radius 1 is 1.37 bits per heavy atom. The Kier molecular flexibility index (Phi) is 5.30. The van der Waals surface area contributed by atoms with Crippen LogP contribution in [0.25, 0.3) is 0 Å². The highest BCUT2D eigenvalue weighted by atomic mass is 79.9. The van der Waals surface area contributed by atoms with Crippen molar-refractivity contribution in [3.63, 3.8) is 0 Å². The summed E-state index contributed by atoms with van der Waals surface area (Å²) in [4.78, 5) is 0.512. The highest BCUT2D eigenvalue weighted by Gasteiger charge is 2.30. The molecule has 1 aliphatic carbocycles. The predicted octanol–water partition coefficient (Wildman–Crippen LogP) is 5.86. The van der Waals surface area contributed by atoms with Crippen LogP contribution in [0.4, 0.5) is 4.39 Å². The van der Waals surface area contributed by atoms with Crippen LogP contribution in [0.3, 0.4) is 0 Å². The highest BCUT2D eigenvalue weighted by Crippen LogP contribution is 2.39. The number of halogens is 3. The first-order valence-corrected chi connectivity index (χ1v) is 8.34. The lowest BCUT2D eigenvalue weighted by Gasteiger charge is -2.35. The zero-order valence-corrected chi connectivity index (χ0v) is 13.8. The predicted molar refractivity (Wildman–Crippen MR) is 83.5 cm³/mol. The van der Waals surface area contributed by atoms with Gasteiger partial charge in [-0.05, 0) is 61.1 Å². The first kappa shape index (κ1) is 15.3. The van der Waals surface area contributed by atoms with E-state index in [1.807, 2.05) is 6.07 Å². The maximum Gasteiger partial charge on any atom is 0.127 e. The van der Waals surface area contributed by atoms with Crippen molar-refractivity contribution < 1.29 is 4.39 Å². The van der Waals surface area contributed by atoms with E-state index in [1.165, 1.54) is 25.3 Å². The first-order valence-electron chi connectivity index (χ1n) is 7.05. The standard InChI is InChI=1S/C16H21BrClF/c1-10(2)11-4-6-15(17)13(7-11)8-12-3-5-14(18)9-16(12)19/h3,5,9-11,13,15H,4,6-8H2,1-2H3. The molecule has 1 aliphatic rings. The average Bonchev–Trinajstić information content (AvgIpc) is 2.34. The first-order chi connectivity index (χ1) is 8.97. The van der Waals surface area contributed by atoms with Crippen molar-refractivity contribution in [1.29, 1.82) is 0 Å². The van der Waals surface area contributed by atoms with Crippen molar-refractivity contribution in [2.45, 2.75) is 44.4 Å². The van der Waals surface area contributed by atoms with Crippen LogP contribution in [0.2, 0.25) is 5.02 Å². The fraction of sp³-hybridized carbons (Fsp3) is 0.625. The number of hydrogen-bond acceptors (Lipinski definition) is 0. The van der Waals surface area contributed by atoms with Gasteiger partial charge < -0.3 is 0 Å². The van der Waals surface area contributed by atoms with Gasteiger partial charge in [0.1, 0.15) is 5.82 Å². The molecule has 0 radical (unpaired) electrons. The van der Waals surface area contributed by atoms with Gasteiger partial charge in [-0.15, -0.1) is 0 Å². The van der Waals surface area contributed by atoms with E-state index in [9.17, 15) is 4.39 Å². The monoisotopic (exact) mass is 346 g/mol. The summed E-state index contributed by atoms with van der Waals surface area (Å²) in [6, 6.07) is 5.03. The van der Waals surface area contributed by atoms with Gasteiger partial charge in [0, 0.05) is 9.85 Å². The van der Waals surface area contributed by atoms with Crippen LogP contribution in [-0.4, -0.2) is 4.83 Å². The molecule has 0 N–H and O–H groups in total. The SMILES string of the molecule is CC(C)C1CCC(Br)C(Cc2ccc(Cl)cc2F)C1. The molecule has 0 amide bonds. The van der Waals surface area contributed by atoms with Crippen molar-refractivity contribution in [2.24, 2.45) is 17.8 Å². The lowest BCUT2D eigenvalue weighted by Crippen LogP contribution is -2.29. The van der Waals surface area contributed by atoms with Gasteiger partial charge in [-0.1, -0.05) is 47.4 Å². The molecule has 1 fully saturated rings. The molecule has 2 rings (SSSR count). The Hall–Kier alpha value is -0.0800. The van der Waals surface area contributed by atoms with Crippen molar-refractivity contribution in [2.75, 3.05) is 0 Å². The minimum atomic E-state index is -0.168. The molecular formula is C16H21BrClF. The minimum absolute atomic E-state index is 0.168. The van der Waals surface area contributed by atoms with Crippen LogP contribution < -0.4 is 0 Å². The fourth-order valence-electron chi connectivity index (χ4n) is 3.05. The second-order valence-electron chi connectivity index (χ2n) is 6.03. The van der Waals surface area contributed by atoms with Gasteiger partial charge in [0.15, 0.2) is 0 Å². The van der Waals surface area contributed by atoms with E-state index in [1.54, 1.807) is 6.07 Å². The van der Waals surface area contributed by atoms with Crippen molar-refractivity contribution in [3.05, 3.63) is 34.6 Å². The van der Waals surface area contributed by atoms with Gasteiger partial charge in [0.2, 0.25) is 0 Å². The molecule has 19 heavy (non-hydrogen) atoms. The van der Waals surface area contributed by atoms with Crippen molar-refractivity contribution >= 4 is 27.5 Å². The smallest absolute Gasteiger partial charge is 0.127 e. The third-order valence-corrected chi connectivity index (χ3v) is 5.81. The number of benzene rings is 1. The van der Waals surface area contributed by atoms with Gasteiger partial charge in [0.05, 0.1) is 0 Å². The summed E-state index contributed by atoms with van der Waals surface area (Å²) in [5.41, 5.74) is 0.795. The number of alkyl halides is 1. The molecule has 3 unspecified atom stereocenters. The van der Waals surface area contributed by atoms with Gasteiger partial charge in [0.25, 0.3) is 0 Å². The molecule has 0 spiro atoms. The molecule has 1 saturated carbocycles. The van der Waals surface area contributed by atoms with E-state index in [-0.39, 0.29) is 5.82 Å². The van der Waals surface area contributed by atoms with E-state index >= 15 is 0 Å². The second-order valence-corrected chi connectivity index (χ2v) is 7.65. The zero-order valence-electron chi connectivity index (χ0n) is 11.5. The van der Waals surface area contributed by atoms with Crippen LogP contribution in [0.5, 0.6) is 0 Å². The summed E-state index contributed by atoms with van der Waals surface area (Å²) in [6.45, 7) is 4.58. The van der Waals surface area contributed by atoms with E-state index in [0.29, 0.717) is 15.8 Å². The van der Waals surface area contributed by atoms with Crippen molar-refractivity contribution in [1.82, 2.24) is 0 Å². The normalized spacial score (nSPS) is 27.8. The van der Waals surface area contributed by atoms with Crippen LogP contribution in [0.1, 0.15) is 38.7 Å². The zero-order chi connectivity index (χ0) is 14.0. The summed E-state index contributed by atoms with van der Waals surface area (Å²) < 4.78 is 13.9. The van der Waals surface area contributed by atoms with Gasteiger partial charge >= 0.3 is 0 Å². The molecule has 0 aliphatic heterocycles. The summed E-state index contributed by atoms with van der Waals surface area (Å²) in [6.07, 6.45) is 4.48. The number of hydrogen-bond donors (Lipinski definition) is 0.